The standard InChI is InChI=1S/C10H15P.3CH3.Sn/c1-10(2,3)11-9-7-5-4-6-8-9;;;;/h4-8,11H,1-3H3;3*1H3;. The second-order valence-corrected chi connectivity index (χ2v) is 16.1. The Hall–Kier alpha value is 0.449. The Labute approximate surface area is 104 Å². The summed E-state index contributed by atoms with van der Waals surface area (Å²) in [7, 11) is 0.914. The van der Waals surface area contributed by atoms with Crippen molar-refractivity contribution in [2.75, 3.05) is 0 Å². The molecule has 0 nitrogen and oxygen atoms in total. The maximum absolute atomic E-state index is 2.36. The van der Waals surface area contributed by atoms with Crippen LogP contribution >= 0.6 is 8.58 Å². The Morgan fingerprint density at radius 1 is 0.933 bits per heavy atom. The van der Waals surface area contributed by atoms with Crippen molar-refractivity contribution in [3.05, 3.63) is 30.3 Å². The van der Waals surface area contributed by atoms with E-state index in [-0.39, 0.29) is 0 Å². The molecule has 1 aromatic carbocycles. The summed E-state index contributed by atoms with van der Waals surface area (Å²) in [6.45, 7) is 6.83. The van der Waals surface area contributed by atoms with Crippen LogP contribution in [0.15, 0.2) is 30.3 Å². The maximum atomic E-state index is 2.36. The third kappa shape index (κ3) is 12.4. The third-order valence-electron chi connectivity index (χ3n) is 1.29. The molecule has 0 spiro atoms. The molecule has 0 fully saturated rings. The predicted octanol–water partition coefficient (Wildman–Crippen LogP) is 4.16. The first kappa shape index (κ1) is 15.4. The molecule has 0 saturated carbocycles. The van der Waals surface area contributed by atoms with Crippen LogP contribution in [-0.2, 0) is 0 Å². The molecule has 0 aliphatic heterocycles. The fourth-order valence-electron chi connectivity index (χ4n) is 0.954. The van der Waals surface area contributed by atoms with Gasteiger partial charge in [0, 0.05) is 0 Å². The van der Waals surface area contributed by atoms with Crippen molar-refractivity contribution in [1.82, 2.24) is 0 Å². The van der Waals surface area contributed by atoms with Crippen LogP contribution in [0.4, 0.5) is 0 Å². The minimum atomic E-state index is -0.543. The summed E-state index contributed by atoms with van der Waals surface area (Å²) < 4.78 is 0. The predicted molar refractivity (Wildman–Crippen MR) is 77.5 cm³/mol. The molecule has 15 heavy (non-hydrogen) atoms. The van der Waals surface area contributed by atoms with Crippen molar-refractivity contribution in [2.24, 2.45) is 0 Å². The van der Waals surface area contributed by atoms with Crippen LogP contribution in [0.2, 0.25) is 14.8 Å². The molecule has 85 valence electrons. The normalized spacial score (nSPS) is 11.7. The molecule has 0 aliphatic carbocycles. The Morgan fingerprint density at radius 3 is 1.67 bits per heavy atom. The molecule has 1 aromatic rings. The first-order valence-corrected chi connectivity index (χ1v) is 15.0. The van der Waals surface area contributed by atoms with Gasteiger partial charge in [0.2, 0.25) is 0 Å². The average Bonchev–Trinajstić information content (AvgIpc) is 2.01. The third-order valence-corrected chi connectivity index (χ3v) is 2.67. The van der Waals surface area contributed by atoms with E-state index in [0.717, 1.165) is 8.58 Å². The molecule has 0 saturated heterocycles. The molecule has 0 aliphatic rings. The van der Waals surface area contributed by atoms with E-state index < -0.39 is 19.8 Å². The van der Waals surface area contributed by atoms with Crippen molar-refractivity contribution in [3.63, 3.8) is 0 Å². The topological polar surface area (TPSA) is 0 Å². The minimum absolute atomic E-state index is 0.432. The van der Waals surface area contributed by atoms with Gasteiger partial charge in [0.05, 0.1) is 0 Å². The molecule has 1 radical (unpaired) electrons. The van der Waals surface area contributed by atoms with Crippen LogP contribution in [0.1, 0.15) is 20.8 Å². The summed E-state index contributed by atoms with van der Waals surface area (Å²) in [4.78, 5) is 7.09. The van der Waals surface area contributed by atoms with Gasteiger partial charge in [0.1, 0.15) is 0 Å². The molecule has 0 heterocycles. The van der Waals surface area contributed by atoms with Gasteiger partial charge in [-0.05, 0) is 10.5 Å². The van der Waals surface area contributed by atoms with E-state index in [1.165, 1.54) is 5.30 Å². The summed E-state index contributed by atoms with van der Waals surface area (Å²) in [5.74, 6) is 0. The molecular formula is C13H24PSn. The quantitative estimate of drug-likeness (QED) is 0.536. The first-order chi connectivity index (χ1) is 6.81. The van der Waals surface area contributed by atoms with E-state index >= 15 is 0 Å². The zero-order valence-corrected chi connectivity index (χ0v) is 14.7. The molecule has 0 aromatic heterocycles. The molecule has 0 bridgehead atoms. The summed E-state index contributed by atoms with van der Waals surface area (Å²) >= 11 is -0.543. The van der Waals surface area contributed by atoms with Crippen LogP contribution < -0.4 is 5.30 Å². The molecule has 2 heteroatoms. The van der Waals surface area contributed by atoms with E-state index in [2.05, 4.69) is 65.9 Å². The SMILES string of the molecule is CC(C)(C)Pc1ccccc1.[CH3][Sn]([CH3])[CH3]. The van der Waals surface area contributed by atoms with Gasteiger partial charge in [-0.25, -0.2) is 0 Å². The van der Waals surface area contributed by atoms with Crippen LogP contribution in [0.3, 0.4) is 0 Å². The van der Waals surface area contributed by atoms with Crippen LogP contribution in [-0.4, -0.2) is 24.9 Å². The molecule has 0 N–H and O–H groups in total. The zero-order valence-electron chi connectivity index (χ0n) is 10.9. The van der Waals surface area contributed by atoms with Crippen molar-refractivity contribution in [1.29, 1.82) is 0 Å². The number of rotatable bonds is 1. The van der Waals surface area contributed by atoms with Gasteiger partial charge in [-0.15, -0.1) is 0 Å². The van der Waals surface area contributed by atoms with Gasteiger partial charge in [0.25, 0.3) is 0 Å². The van der Waals surface area contributed by atoms with Crippen molar-refractivity contribution < 1.29 is 0 Å². The van der Waals surface area contributed by atoms with Crippen LogP contribution in [0.5, 0.6) is 0 Å². The van der Waals surface area contributed by atoms with Gasteiger partial charge in [-0.1, -0.05) is 59.7 Å². The Bertz CT molecular complexity index is 246. The van der Waals surface area contributed by atoms with Gasteiger partial charge < -0.3 is 0 Å². The monoisotopic (exact) mass is 331 g/mol. The van der Waals surface area contributed by atoms with Gasteiger partial charge in [0.15, 0.2) is 0 Å². The van der Waals surface area contributed by atoms with E-state index in [4.69, 9.17) is 0 Å². The van der Waals surface area contributed by atoms with E-state index in [1.807, 2.05) is 0 Å². The second kappa shape index (κ2) is 7.68. The molecule has 0 amide bonds. The Morgan fingerprint density at radius 2 is 1.33 bits per heavy atom. The fraction of sp³-hybridized carbons (Fsp3) is 0.538. The average molecular weight is 330 g/mol. The fourth-order valence-corrected chi connectivity index (χ4v) is 2.18. The summed E-state index contributed by atoms with van der Waals surface area (Å²) in [6.07, 6.45) is 0. The molecule has 1 rings (SSSR count). The van der Waals surface area contributed by atoms with E-state index in [0.29, 0.717) is 5.16 Å². The summed E-state index contributed by atoms with van der Waals surface area (Å²) in [6, 6.07) is 10.7. The van der Waals surface area contributed by atoms with Crippen LogP contribution in [0, 0.1) is 0 Å². The van der Waals surface area contributed by atoms with E-state index in [9.17, 15) is 0 Å². The number of hydrogen-bond acceptors (Lipinski definition) is 0. The van der Waals surface area contributed by atoms with Gasteiger partial charge in [-0.2, -0.15) is 0 Å². The van der Waals surface area contributed by atoms with E-state index in [1.54, 1.807) is 0 Å². The number of benzene rings is 1. The molecule has 1 atom stereocenters. The summed E-state index contributed by atoms with van der Waals surface area (Å²) in [5, 5.41) is 1.89. The van der Waals surface area contributed by atoms with Crippen molar-refractivity contribution in [3.8, 4) is 0 Å². The Kier molecular flexibility index (Phi) is 7.91. The summed E-state index contributed by atoms with van der Waals surface area (Å²) in [5.41, 5.74) is 0. The van der Waals surface area contributed by atoms with Gasteiger partial charge >= 0.3 is 34.6 Å². The second-order valence-electron chi connectivity index (χ2n) is 5.24. The molecule has 1 unspecified atom stereocenters. The first-order valence-electron chi connectivity index (χ1n) is 5.41. The molecular weight excluding hydrogens is 306 g/mol. The van der Waals surface area contributed by atoms with Crippen molar-refractivity contribution >= 4 is 33.6 Å². The Balaban J connectivity index is 0.000000423. The zero-order chi connectivity index (χ0) is 11.9. The number of hydrogen-bond donors (Lipinski definition) is 0. The van der Waals surface area contributed by atoms with Crippen molar-refractivity contribution in [2.45, 2.75) is 40.7 Å². The van der Waals surface area contributed by atoms with Gasteiger partial charge in [-0.3, -0.25) is 0 Å². The van der Waals surface area contributed by atoms with Crippen LogP contribution in [0.25, 0.3) is 0 Å².